The molecule has 146 valence electrons. The normalized spacial score (nSPS) is 10.7. The Kier molecular flexibility index (Phi) is 5.99. The van der Waals surface area contributed by atoms with Crippen LogP contribution in [0.5, 0.6) is 5.75 Å². The average molecular weight is 406 g/mol. The third-order valence-corrected chi connectivity index (χ3v) is 4.37. The number of carbonyl (C=O) groups is 2. The van der Waals surface area contributed by atoms with Crippen LogP contribution in [0.2, 0.25) is 0 Å². The average Bonchev–Trinajstić information content (AvgIpc) is 3.28. The number of alkyl halides is 2. The predicted molar refractivity (Wildman–Crippen MR) is 101 cm³/mol. The molecule has 0 bridgehead atoms. The van der Waals surface area contributed by atoms with Crippen molar-refractivity contribution in [2.24, 2.45) is 7.05 Å². The number of carbonyl (C=O) groups excluding carboxylic acids is 2. The minimum absolute atomic E-state index is 0.0229. The van der Waals surface area contributed by atoms with Gasteiger partial charge in [0.1, 0.15) is 5.75 Å². The van der Waals surface area contributed by atoms with Crippen LogP contribution in [0.4, 0.5) is 13.9 Å². The molecule has 0 fully saturated rings. The van der Waals surface area contributed by atoms with Crippen LogP contribution in [-0.2, 0) is 11.8 Å². The number of ether oxygens (including phenoxy) is 1. The summed E-state index contributed by atoms with van der Waals surface area (Å²) in [5, 5.41) is 7.12. The first kappa shape index (κ1) is 19.5. The van der Waals surface area contributed by atoms with Crippen molar-refractivity contribution >= 4 is 28.3 Å². The lowest BCUT2D eigenvalue weighted by molar-refractivity contribution is -0.115. The maximum absolute atomic E-state index is 12.3. The Bertz CT molecular complexity index is 987. The fourth-order valence-corrected chi connectivity index (χ4v) is 3.09. The lowest BCUT2D eigenvalue weighted by Crippen LogP contribution is -2.32. The molecule has 3 rings (SSSR count). The summed E-state index contributed by atoms with van der Waals surface area (Å²) in [4.78, 5) is 28.2. The zero-order valence-corrected chi connectivity index (χ0v) is 15.5. The van der Waals surface area contributed by atoms with E-state index in [-0.39, 0.29) is 18.2 Å². The van der Waals surface area contributed by atoms with Gasteiger partial charge in [0.05, 0.1) is 17.8 Å². The highest BCUT2D eigenvalue weighted by molar-refractivity contribution is 7.14. The first-order valence-electron chi connectivity index (χ1n) is 8.11. The number of halogens is 2. The van der Waals surface area contributed by atoms with Gasteiger partial charge in [0.15, 0.2) is 5.13 Å². The molecule has 3 aromatic rings. The third-order valence-electron chi connectivity index (χ3n) is 3.61. The van der Waals surface area contributed by atoms with Crippen LogP contribution in [-0.4, -0.2) is 34.5 Å². The van der Waals surface area contributed by atoms with Gasteiger partial charge in [0, 0.05) is 30.4 Å². The third kappa shape index (κ3) is 5.13. The molecule has 0 radical (unpaired) electrons. The molecule has 0 saturated heterocycles. The van der Waals surface area contributed by atoms with E-state index in [0.717, 1.165) is 0 Å². The molecular formula is C18H16F2N4O3S. The molecule has 2 heterocycles. The second kappa shape index (κ2) is 8.61. The monoisotopic (exact) mass is 406 g/mol. The van der Waals surface area contributed by atoms with Gasteiger partial charge in [-0.3, -0.25) is 9.59 Å². The number of hydrogen-bond acceptors (Lipinski definition) is 5. The molecule has 7 nitrogen and oxygen atoms in total. The summed E-state index contributed by atoms with van der Waals surface area (Å²) < 4.78 is 30.8. The number of benzene rings is 1. The van der Waals surface area contributed by atoms with Crippen molar-refractivity contribution in [3.05, 3.63) is 53.7 Å². The van der Waals surface area contributed by atoms with Gasteiger partial charge >= 0.3 is 6.61 Å². The SMILES string of the molecule is Cn1ccc(C(=O)NCC(=O)Nc2nc(-c3cccc(OC(F)F)c3)cs2)c1. The lowest BCUT2D eigenvalue weighted by Gasteiger charge is -2.05. The number of nitrogens with zero attached hydrogens (tertiary/aromatic N) is 2. The molecule has 2 amide bonds. The summed E-state index contributed by atoms with van der Waals surface area (Å²) in [5.74, 6) is -0.763. The van der Waals surface area contributed by atoms with Gasteiger partial charge in [-0.1, -0.05) is 12.1 Å². The molecule has 0 saturated carbocycles. The van der Waals surface area contributed by atoms with Crippen molar-refractivity contribution in [1.29, 1.82) is 0 Å². The van der Waals surface area contributed by atoms with Crippen LogP contribution in [0.15, 0.2) is 48.1 Å². The molecule has 28 heavy (non-hydrogen) atoms. The molecule has 0 aliphatic carbocycles. The molecule has 1 aromatic carbocycles. The quantitative estimate of drug-likeness (QED) is 0.631. The van der Waals surface area contributed by atoms with E-state index in [2.05, 4.69) is 20.4 Å². The number of thiazole rings is 1. The van der Waals surface area contributed by atoms with Crippen LogP contribution >= 0.6 is 11.3 Å². The first-order valence-corrected chi connectivity index (χ1v) is 8.99. The number of aryl methyl sites for hydroxylation is 1. The fraction of sp³-hybridized carbons (Fsp3) is 0.167. The van der Waals surface area contributed by atoms with Crippen LogP contribution in [0.25, 0.3) is 11.3 Å². The van der Waals surface area contributed by atoms with Crippen LogP contribution in [0.1, 0.15) is 10.4 Å². The van der Waals surface area contributed by atoms with Crippen molar-refractivity contribution < 1.29 is 23.1 Å². The zero-order valence-electron chi connectivity index (χ0n) is 14.7. The highest BCUT2D eigenvalue weighted by atomic mass is 32.1. The van der Waals surface area contributed by atoms with Crippen LogP contribution < -0.4 is 15.4 Å². The van der Waals surface area contributed by atoms with Gasteiger partial charge < -0.3 is 19.9 Å². The molecule has 2 N–H and O–H groups in total. The number of amides is 2. The molecular weight excluding hydrogens is 390 g/mol. The van der Waals surface area contributed by atoms with Gasteiger partial charge in [0.2, 0.25) is 5.91 Å². The Balaban J connectivity index is 1.57. The molecule has 0 atom stereocenters. The van der Waals surface area contributed by atoms with Gasteiger partial charge in [0.25, 0.3) is 5.91 Å². The molecule has 0 aliphatic rings. The predicted octanol–water partition coefficient (Wildman–Crippen LogP) is 3.12. The van der Waals surface area contributed by atoms with Gasteiger partial charge in [-0.15, -0.1) is 11.3 Å². The van der Waals surface area contributed by atoms with Gasteiger partial charge in [-0.25, -0.2) is 4.98 Å². The van der Waals surface area contributed by atoms with E-state index in [9.17, 15) is 18.4 Å². The van der Waals surface area contributed by atoms with E-state index >= 15 is 0 Å². The molecule has 0 unspecified atom stereocenters. The van der Waals surface area contributed by atoms with E-state index in [4.69, 9.17) is 0 Å². The fourth-order valence-electron chi connectivity index (χ4n) is 2.36. The summed E-state index contributed by atoms with van der Waals surface area (Å²) in [6.45, 7) is -3.12. The summed E-state index contributed by atoms with van der Waals surface area (Å²) in [7, 11) is 1.79. The largest absolute Gasteiger partial charge is 0.435 e. The van der Waals surface area contributed by atoms with E-state index in [1.165, 1.54) is 23.5 Å². The highest BCUT2D eigenvalue weighted by Crippen LogP contribution is 2.28. The maximum Gasteiger partial charge on any atom is 0.387 e. The standard InChI is InChI=1S/C18H16F2N4O3S/c1-24-6-5-12(9-24)16(26)21-8-15(25)23-18-22-14(10-28-18)11-3-2-4-13(7-11)27-17(19)20/h2-7,9-10,17H,8H2,1H3,(H,21,26)(H,22,23,25). The van der Waals surface area contributed by atoms with Gasteiger partial charge in [-0.2, -0.15) is 8.78 Å². The van der Waals surface area contributed by atoms with Crippen LogP contribution in [0, 0.1) is 0 Å². The van der Waals surface area contributed by atoms with E-state index in [1.807, 2.05) is 0 Å². The summed E-state index contributed by atoms with van der Waals surface area (Å²) in [6.07, 6.45) is 3.37. The van der Waals surface area contributed by atoms with Crippen molar-refractivity contribution in [1.82, 2.24) is 14.9 Å². The van der Waals surface area contributed by atoms with Crippen molar-refractivity contribution in [2.75, 3.05) is 11.9 Å². The minimum Gasteiger partial charge on any atom is -0.435 e. The number of hydrogen-bond donors (Lipinski definition) is 2. The molecule has 2 aromatic heterocycles. The summed E-state index contributed by atoms with van der Waals surface area (Å²) in [6, 6.07) is 7.77. The summed E-state index contributed by atoms with van der Waals surface area (Å²) in [5.41, 5.74) is 1.54. The molecule has 0 spiro atoms. The van der Waals surface area contributed by atoms with Crippen molar-refractivity contribution in [3.8, 4) is 17.0 Å². The number of aromatic nitrogens is 2. The Hall–Kier alpha value is -3.27. The van der Waals surface area contributed by atoms with E-state index in [1.54, 1.807) is 47.6 Å². The minimum atomic E-state index is -2.91. The Morgan fingerprint density at radius 3 is 2.86 bits per heavy atom. The Labute approximate surface area is 163 Å². The van der Waals surface area contributed by atoms with E-state index in [0.29, 0.717) is 22.0 Å². The second-order valence-corrected chi connectivity index (χ2v) is 6.60. The number of anilines is 1. The van der Waals surface area contributed by atoms with Gasteiger partial charge in [-0.05, 0) is 18.2 Å². The summed E-state index contributed by atoms with van der Waals surface area (Å²) >= 11 is 1.18. The lowest BCUT2D eigenvalue weighted by atomic mass is 10.2. The highest BCUT2D eigenvalue weighted by Gasteiger charge is 2.12. The number of rotatable bonds is 7. The topological polar surface area (TPSA) is 85.3 Å². The molecule has 10 heteroatoms. The Morgan fingerprint density at radius 2 is 2.14 bits per heavy atom. The Morgan fingerprint density at radius 1 is 1.32 bits per heavy atom. The zero-order chi connectivity index (χ0) is 20.1. The van der Waals surface area contributed by atoms with Crippen LogP contribution in [0.3, 0.4) is 0 Å². The first-order chi connectivity index (χ1) is 13.4. The molecule has 0 aliphatic heterocycles. The van der Waals surface area contributed by atoms with Crippen molar-refractivity contribution in [3.63, 3.8) is 0 Å². The van der Waals surface area contributed by atoms with Crippen molar-refractivity contribution in [2.45, 2.75) is 6.61 Å². The second-order valence-electron chi connectivity index (χ2n) is 5.74. The number of nitrogens with one attached hydrogen (secondary N) is 2. The van der Waals surface area contributed by atoms with E-state index < -0.39 is 12.5 Å². The maximum atomic E-state index is 12.3. The smallest absolute Gasteiger partial charge is 0.387 e.